The first-order chi connectivity index (χ1) is 11.7. The van der Waals surface area contributed by atoms with Crippen molar-refractivity contribution in [3.63, 3.8) is 0 Å². The van der Waals surface area contributed by atoms with Gasteiger partial charge in [-0.2, -0.15) is 0 Å². The number of aliphatic hydroxyl groups excluding tert-OH is 2. The lowest BCUT2D eigenvalue weighted by Gasteiger charge is -2.65. The van der Waals surface area contributed by atoms with Crippen LogP contribution in [0.2, 0.25) is 0 Å². The fourth-order valence-corrected chi connectivity index (χ4v) is 6.94. The summed E-state index contributed by atoms with van der Waals surface area (Å²) in [5.41, 5.74) is -1.33. The minimum absolute atomic E-state index is 0.00558. The van der Waals surface area contributed by atoms with Crippen molar-refractivity contribution in [1.29, 1.82) is 0 Å². The van der Waals surface area contributed by atoms with Gasteiger partial charge in [0, 0.05) is 10.8 Å². The second kappa shape index (κ2) is 5.43. The molecule has 4 fully saturated rings. The Morgan fingerprint density at radius 2 is 1.92 bits per heavy atom. The highest BCUT2D eigenvalue weighted by Crippen LogP contribution is 2.68. The topological polar surface area (TPSA) is 76.0 Å². The smallest absolute Gasteiger partial charge is 0.308 e. The van der Waals surface area contributed by atoms with Crippen LogP contribution < -0.4 is 0 Å². The third-order valence-electron chi connectivity index (χ3n) is 8.57. The van der Waals surface area contributed by atoms with Crippen molar-refractivity contribution in [3.8, 4) is 0 Å². The predicted molar refractivity (Wildman–Crippen MR) is 91.8 cm³/mol. The zero-order chi connectivity index (χ0) is 18.1. The van der Waals surface area contributed by atoms with E-state index < -0.39 is 17.1 Å². The Kier molecular flexibility index (Phi) is 3.85. The van der Waals surface area contributed by atoms with Gasteiger partial charge in [0.25, 0.3) is 0 Å². The van der Waals surface area contributed by atoms with E-state index >= 15 is 0 Å². The Labute approximate surface area is 150 Å². The van der Waals surface area contributed by atoms with Gasteiger partial charge in [-0.15, -0.1) is 0 Å². The summed E-state index contributed by atoms with van der Waals surface area (Å²) < 4.78 is 12.1. The minimum atomic E-state index is -0.485. The van der Waals surface area contributed by atoms with E-state index in [1.54, 1.807) is 0 Å². The monoisotopic (exact) mass is 352 g/mol. The molecular weight excluding hydrogens is 320 g/mol. The summed E-state index contributed by atoms with van der Waals surface area (Å²) in [5.74, 6) is 0.474. The fourth-order valence-electron chi connectivity index (χ4n) is 6.94. The first-order valence-corrected chi connectivity index (χ1v) is 9.86. The number of aliphatic hydroxyl groups is 2. The molecule has 4 rings (SSSR count). The van der Waals surface area contributed by atoms with Crippen LogP contribution in [0.15, 0.2) is 0 Å². The molecule has 2 spiro atoms. The van der Waals surface area contributed by atoms with Gasteiger partial charge >= 0.3 is 5.97 Å². The number of cyclic esters (lactones) is 1. The molecule has 0 aromatic carbocycles. The van der Waals surface area contributed by atoms with Crippen molar-refractivity contribution in [2.75, 3.05) is 13.2 Å². The Morgan fingerprint density at radius 1 is 1.16 bits per heavy atom. The van der Waals surface area contributed by atoms with Crippen LogP contribution in [0.4, 0.5) is 0 Å². The number of ether oxygens (including phenoxy) is 2. The van der Waals surface area contributed by atoms with Crippen molar-refractivity contribution in [1.82, 2.24) is 0 Å². The third kappa shape index (κ3) is 2.15. The number of carbonyl (C=O) groups is 1. The van der Waals surface area contributed by atoms with Gasteiger partial charge in [-0.1, -0.05) is 20.8 Å². The lowest BCUT2D eigenvalue weighted by Crippen LogP contribution is -2.66. The van der Waals surface area contributed by atoms with Crippen LogP contribution in [0.5, 0.6) is 0 Å². The van der Waals surface area contributed by atoms with E-state index in [1.807, 2.05) is 6.92 Å². The lowest BCUT2D eigenvalue weighted by atomic mass is 9.43. The predicted octanol–water partition coefficient (Wildman–Crippen LogP) is 2.43. The molecular formula is C20H32O5. The highest BCUT2D eigenvalue weighted by atomic mass is 16.6. The molecule has 0 bridgehead atoms. The highest BCUT2D eigenvalue weighted by molar-refractivity contribution is 5.73. The molecule has 0 aromatic heterocycles. The fraction of sp³-hybridized carbons (Fsp3) is 0.950. The number of esters is 1. The first-order valence-electron chi connectivity index (χ1n) is 9.86. The summed E-state index contributed by atoms with van der Waals surface area (Å²) in [6.45, 7) is 7.01. The van der Waals surface area contributed by atoms with Gasteiger partial charge in [0.1, 0.15) is 12.2 Å². The van der Waals surface area contributed by atoms with E-state index in [9.17, 15) is 15.0 Å². The number of hydrogen-bond donors (Lipinski definition) is 2. The van der Waals surface area contributed by atoms with Gasteiger partial charge in [-0.3, -0.25) is 4.79 Å². The minimum Gasteiger partial charge on any atom is -0.463 e. The van der Waals surface area contributed by atoms with Gasteiger partial charge < -0.3 is 19.7 Å². The molecule has 2 saturated heterocycles. The largest absolute Gasteiger partial charge is 0.463 e. The molecule has 0 radical (unpaired) electrons. The molecule has 2 saturated carbocycles. The molecule has 2 aliphatic heterocycles. The van der Waals surface area contributed by atoms with Crippen LogP contribution in [0.25, 0.3) is 0 Å². The third-order valence-corrected chi connectivity index (χ3v) is 8.57. The van der Waals surface area contributed by atoms with Crippen LogP contribution in [0.3, 0.4) is 0 Å². The molecule has 7 atom stereocenters. The summed E-state index contributed by atoms with van der Waals surface area (Å²) in [7, 11) is 0. The van der Waals surface area contributed by atoms with Crippen LogP contribution in [-0.2, 0) is 14.3 Å². The standard InChI is InChI=1S/C20H32O5/c1-13-4-5-14-17(2,11-21)15(22)6-7-18(14,3)20(13)9-8-19(25-20)10-16(23)24-12-19/h13-15,21-22H,4-12H2,1-3H3/t13-,14-,15+,17+,18+,19-,20+/m1/s1. The Morgan fingerprint density at radius 3 is 2.56 bits per heavy atom. The molecule has 5 heteroatoms. The second-order valence-corrected chi connectivity index (χ2v) is 9.68. The Bertz CT molecular complexity index is 578. The van der Waals surface area contributed by atoms with Gasteiger partial charge in [0.15, 0.2) is 0 Å². The molecule has 25 heavy (non-hydrogen) atoms. The van der Waals surface area contributed by atoms with E-state index in [-0.39, 0.29) is 29.5 Å². The molecule has 142 valence electrons. The summed E-state index contributed by atoms with van der Waals surface area (Å²) >= 11 is 0. The zero-order valence-corrected chi connectivity index (χ0v) is 15.7. The maximum absolute atomic E-state index is 11.7. The van der Waals surface area contributed by atoms with Crippen molar-refractivity contribution < 1.29 is 24.5 Å². The summed E-state index contributed by atoms with van der Waals surface area (Å²) in [6.07, 6.45) is 5.36. The zero-order valence-electron chi connectivity index (χ0n) is 15.7. The summed E-state index contributed by atoms with van der Waals surface area (Å²) in [4.78, 5) is 11.7. The number of carbonyl (C=O) groups excluding carboxylic acids is 1. The maximum atomic E-state index is 11.7. The average Bonchev–Trinajstić information content (AvgIpc) is 3.14. The molecule has 2 heterocycles. The number of rotatable bonds is 1. The van der Waals surface area contributed by atoms with Gasteiger partial charge in [-0.25, -0.2) is 0 Å². The highest BCUT2D eigenvalue weighted by Gasteiger charge is 2.69. The van der Waals surface area contributed by atoms with Crippen molar-refractivity contribution in [3.05, 3.63) is 0 Å². The molecule has 0 amide bonds. The van der Waals surface area contributed by atoms with Crippen molar-refractivity contribution >= 4 is 5.97 Å². The molecule has 2 aliphatic carbocycles. The van der Waals surface area contributed by atoms with Gasteiger partial charge in [0.2, 0.25) is 0 Å². The van der Waals surface area contributed by atoms with Crippen LogP contribution >= 0.6 is 0 Å². The molecule has 5 nitrogen and oxygen atoms in total. The van der Waals surface area contributed by atoms with Gasteiger partial charge in [-0.05, 0) is 50.4 Å². The molecule has 4 aliphatic rings. The van der Waals surface area contributed by atoms with Crippen LogP contribution in [0.1, 0.15) is 65.7 Å². The summed E-state index contributed by atoms with van der Waals surface area (Å²) in [5, 5.41) is 20.8. The van der Waals surface area contributed by atoms with E-state index in [0.29, 0.717) is 25.4 Å². The van der Waals surface area contributed by atoms with E-state index in [1.165, 1.54) is 0 Å². The normalized spacial score (nSPS) is 55.6. The lowest BCUT2D eigenvalue weighted by molar-refractivity contribution is -0.266. The van der Waals surface area contributed by atoms with Crippen LogP contribution in [0, 0.1) is 22.7 Å². The van der Waals surface area contributed by atoms with Crippen LogP contribution in [-0.4, -0.2) is 46.7 Å². The summed E-state index contributed by atoms with van der Waals surface area (Å²) in [6, 6.07) is 0. The second-order valence-electron chi connectivity index (χ2n) is 9.68. The SMILES string of the molecule is C[C@@H]1CC[C@@H]2[C@](C)(CO)[C@@H](O)CC[C@]2(C)[C@]12CC[C@@]1(COC(=O)C1)O2. The van der Waals surface area contributed by atoms with Gasteiger partial charge in [0.05, 0.1) is 24.7 Å². The average molecular weight is 352 g/mol. The van der Waals surface area contributed by atoms with Crippen molar-refractivity contribution in [2.24, 2.45) is 22.7 Å². The molecule has 0 unspecified atom stereocenters. The van der Waals surface area contributed by atoms with E-state index in [4.69, 9.17) is 9.47 Å². The Hall–Kier alpha value is -0.650. The molecule has 2 N–H and O–H groups in total. The molecule has 0 aromatic rings. The number of fused-ring (bicyclic) bond motifs is 2. The Balaban J connectivity index is 1.74. The number of hydrogen-bond acceptors (Lipinski definition) is 5. The first kappa shape index (κ1) is 17.7. The van der Waals surface area contributed by atoms with Crippen molar-refractivity contribution in [2.45, 2.75) is 83.0 Å². The maximum Gasteiger partial charge on any atom is 0.308 e. The van der Waals surface area contributed by atoms with E-state index in [2.05, 4.69) is 13.8 Å². The van der Waals surface area contributed by atoms with E-state index in [0.717, 1.165) is 32.1 Å². The quantitative estimate of drug-likeness (QED) is 0.709.